The standard InChI is InChI=1S/C26H25FN2O6/c1-33-26(32)17-5-3-16(4-6-17)22-21-23(30)19-15-18(27)7-8-20(19)35-24(21)25(31)29(22)10-2-9-28-11-13-34-14-12-28/h3-8,15,22H,2,9-14H2,1H3/t22-/m1/s1. The number of hydrogen-bond acceptors (Lipinski definition) is 7. The van der Waals surface area contributed by atoms with Crippen LogP contribution in [0.2, 0.25) is 0 Å². The van der Waals surface area contributed by atoms with Gasteiger partial charge in [-0.25, -0.2) is 9.18 Å². The molecule has 2 aliphatic heterocycles. The molecule has 8 nitrogen and oxygen atoms in total. The molecule has 2 aromatic carbocycles. The molecule has 1 atom stereocenters. The molecule has 182 valence electrons. The first kappa shape index (κ1) is 23.2. The molecular formula is C26H25FN2O6. The minimum atomic E-state index is -0.710. The second-order valence-electron chi connectivity index (χ2n) is 8.64. The van der Waals surface area contributed by atoms with Gasteiger partial charge in [0.05, 0.1) is 42.9 Å². The van der Waals surface area contributed by atoms with Gasteiger partial charge in [0, 0.05) is 26.2 Å². The first-order chi connectivity index (χ1) is 17.0. The van der Waals surface area contributed by atoms with E-state index in [0.717, 1.165) is 25.7 Å². The number of amides is 1. The highest BCUT2D eigenvalue weighted by Gasteiger charge is 2.42. The minimum Gasteiger partial charge on any atom is -0.465 e. The number of carbonyl (C=O) groups is 2. The van der Waals surface area contributed by atoms with E-state index in [4.69, 9.17) is 13.9 Å². The van der Waals surface area contributed by atoms with Gasteiger partial charge in [0.15, 0.2) is 5.43 Å². The highest BCUT2D eigenvalue weighted by atomic mass is 19.1. The zero-order chi connectivity index (χ0) is 24.5. The van der Waals surface area contributed by atoms with Crippen LogP contribution in [0.5, 0.6) is 0 Å². The summed E-state index contributed by atoms with van der Waals surface area (Å²) < 4.78 is 29.9. The molecule has 3 aromatic rings. The van der Waals surface area contributed by atoms with Crippen LogP contribution in [0, 0.1) is 5.82 Å². The van der Waals surface area contributed by atoms with Gasteiger partial charge in [-0.2, -0.15) is 0 Å². The lowest BCUT2D eigenvalue weighted by Crippen LogP contribution is -2.38. The third-order valence-electron chi connectivity index (χ3n) is 6.55. The van der Waals surface area contributed by atoms with Crippen LogP contribution >= 0.6 is 0 Å². The monoisotopic (exact) mass is 480 g/mol. The van der Waals surface area contributed by atoms with E-state index in [0.29, 0.717) is 37.3 Å². The van der Waals surface area contributed by atoms with E-state index in [1.165, 1.54) is 19.2 Å². The van der Waals surface area contributed by atoms with Crippen LogP contribution in [0.4, 0.5) is 4.39 Å². The zero-order valence-electron chi connectivity index (χ0n) is 19.3. The Kier molecular flexibility index (Phi) is 6.36. The number of halogens is 1. The first-order valence-corrected chi connectivity index (χ1v) is 11.5. The molecule has 0 bridgehead atoms. The van der Waals surface area contributed by atoms with Crippen molar-refractivity contribution >= 4 is 22.8 Å². The Morgan fingerprint density at radius 3 is 2.54 bits per heavy atom. The molecule has 35 heavy (non-hydrogen) atoms. The molecule has 9 heteroatoms. The quantitative estimate of drug-likeness (QED) is 0.501. The topological polar surface area (TPSA) is 89.3 Å². The Morgan fingerprint density at radius 2 is 1.83 bits per heavy atom. The van der Waals surface area contributed by atoms with Crippen molar-refractivity contribution in [2.24, 2.45) is 0 Å². The third-order valence-corrected chi connectivity index (χ3v) is 6.55. The Hall–Kier alpha value is -3.56. The lowest BCUT2D eigenvalue weighted by atomic mass is 9.97. The molecule has 0 saturated carbocycles. The molecule has 2 aliphatic rings. The summed E-state index contributed by atoms with van der Waals surface area (Å²) in [7, 11) is 1.30. The van der Waals surface area contributed by atoms with E-state index in [9.17, 15) is 18.8 Å². The number of ether oxygens (including phenoxy) is 2. The van der Waals surface area contributed by atoms with E-state index in [1.54, 1.807) is 29.2 Å². The van der Waals surface area contributed by atoms with E-state index in [-0.39, 0.29) is 28.2 Å². The normalized spacial score (nSPS) is 18.2. The number of nitrogens with zero attached hydrogens (tertiary/aromatic N) is 2. The maximum Gasteiger partial charge on any atom is 0.337 e. The smallest absolute Gasteiger partial charge is 0.337 e. The Bertz CT molecular complexity index is 1330. The number of methoxy groups -OCH3 is 1. The Balaban J connectivity index is 1.53. The number of morpholine rings is 1. The Morgan fingerprint density at radius 1 is 1.09 bits per heavy atom. The van der Waals surface area contributed by atoms with E-state index < -0.39 is 23.3 Å². The predicted octanol–water partition coefficient (Wildman–Crippen LogP) is 2.99. The zero-order valence-corrected chi connectivity index (χ0v) is 19.3. The molecule has 1 amide bonds. The van der Waals surface area contributed by atoms with Gasteiger partial charge in [-0.15, -0.1) is 0 Å². The fraction of sp³-hybridized carbons (Fsp3) is 0.346. The van der Waals surface area contributed by atoms with Crippen molar-refractivity contribution < 1.29 is 27.9 Å². The summed E-state index contributed by atoms with van der Waals surface area (Å²) in [6.45, 7) is 4.23. The van der Waals surface area contributed by atoms with Crippen molar-refractivity contribution in [1.29, 1.82) is 0 Å². The summed E-state index contributed by atoms with van der Waals surface area (Å²) in [5.74, 6) is -1.45. The van der Waals surface area contributed by atoms with E-state index >= 15 is 0 Å². The second-order valence-corrected chi connectivity index (χ2v) is 8.64. The number of fused-ring (bicyclic) bond motifs is 2. The summed E-state index contributed by atoms with van der Waals surface area (Å²) >= 11 is 0. The first-order valence-electron chi connectivity index (χ1n) is 11.5. The number of carbonyl (C=O) groups excluding carboxylic acids is 2. The minimum absolute atomic E-state index is 0.0254. The highest BCUT2D eigenvalue weighted by molar-refractivity contribution is 5.99. The van der Waals surface area contributed by atoms with Gasteiger partial charge < -0.3 is 18.8 Å². The lowest BCUT2D eigenvalue weighted by Gasteiger charge is -2.29. The molecule has 1 saturated heterocycles. The van der Waals surface area contributed by atoms with Gasteiger partial charge in [0.1, 0.15) is 11.4 Å². The average molecular weight is 480 g/mol. The van der Waals surface area contributed by atoms with Crippen LogP contribution in [0.15, 0.2) is 51.7 Å². The van der Waals surface area contributed by atoms with Crippen LogP contribution in [-0.2, 0) is 9.47 Å². The summed E-state index contributed by atoms with van der Waals surface area (Å²) in [5, 5.41) is 0.0860. The molecule has 0 aliphatic carbocycles. The molecule has 0 spiro atoms. The number of benzene rings is 2. The molecule has 5 rings (SSSR count). The maximum atomic E-state index is 13.9. The highest BCUT2D eigenvalue weighted by Crippen LogP contribution is 2.38. The van der Waals surface area contributed by atoms with Crippen molar-refractivity contribution in [3.05, 3.63) is 81.0 Å². The SMILES string of the molecule is COC(=O)c1ccc([C@@H]2c3c(oc4ccc(F)cc4c3=O)C(=O)N2CCCN2CCOCC2)cc1. The molecule has 0 radical (unpaired) electrons. The molecule has 3 heterocycles. The Labute approximate surface area is 200 Å². The second kappa shape index (κ2) is 9.59. The van der Waals surface area contributed by atoms with Crippen LogP contribution in [0.1, 0.15) is 44.5 Å². The summed E-state index contributed by atoms with van der Waals surface area (Å²) in [6, 6.07) is 9.56. The van der Waals surface area contributed by atoms with E-state index in [2.05, 4.69) is 4.90 Å². The molecular weight excluding hydrogens is 455 g/mol. The van der Waals surface area contributed by atoms with Crippen molar-refractivity contribution in [2.75, 3.05) is 46.5 Å². The van der Waals surface area contributed by atoms with Crippen molar-refractivity contribution in [2.45, 2.75) is 12.5 Å². The van der Waals surface area contributed by atoms with Crippen LogP contribution in [0.3, 0.4) is 0 Å². The van der Waals surface area contributed by atoms with Gasteiger partial charge in [-0.3, -0.25) is 14.5 Å². The fourth-order valence-electron chi connectivity index (χ4n) is 4.78. The molecule has 0 N–H and O–H groups in total. The van der Waals surface area contributed by atoms with Crippen molar-refractivity contribution in [3.8, 4) is 0 Å². The van der Waals surface area contributed by atoms with Gasteiger partial charge in [0.2, 0.25) is 5.76 Å². The molecule has 0 unspecified atom stereocenters. The fourth-order valence-corrected chi connectivity index (χ4v) is 4.78. The average Bonchev–Trinajstić information content (AvgIpc) is 3.16. The third kappa shape index (κ3) is 4.33. The van der Waals surface area contributed by atoms with Gasteiger partial charge in [0.25, 0.3) is 5.91 Å². The lowest BCUT2D eigenvalue weighted by molar-refractivity contribution is 0.0353. The maximum absolute atomic E-state index is 13.9. The summed E-state index contributed by atoms with van der Waals surface area (Å²) in [4.78, 5) is 42.7. The van der Waals surface area contributed by atoms with Crippen LogP contribution < -0.4 is 5.43 Å². The summed E-state index contributed by atoms with van der Waals surface area (Å²) in [5.41, 5.74) is 0.919. The van der Waals surface area contributed by atoms with Crippen LogP contribution in [0.25, 0.3) is 11.0 Å². The van der Waals surface area contributed by atoms with E-state index in [1.807, 2.05) is 0 Å². The van der Waals surface area contributed by atoms with Crippen LogP contribution in [-0.4, -0.2) is 68.2 Å². The molecule has 1 aromatic heterocycles. The number of hydrogen-bond donors (Lipinski definition) is 0. The van der Waals surface area contributed by atoms with Gasteiger partial charge in [-0.05, 0) is 42.3 Å². The number of esters is 1. The van der Waals surface area contributed by atoms with Crippen molar-refractivity contribution in [3.63, 3.8) is 0 Å². The summed E-state index contributed by atoms with van der Waals surface area (Å²) in [6.07, 6.45) is 0.693. The van der Waals surface area contributed by atoms with Crippen molar-refractivity contribution in [1.82, 2.24) is 9.80 Å². The van der Waals surface area contributed by atoms with Gasteiger partial charge in [-0.1, -0.05) is 12.1 Å². The molecule has 1 fully saturated rings. The predicted molar refractivity (Wildman–Crippen MR) is 125 cm³/mol. The number of rotatable bonds is 6. The largest absolute Gasteiger partial charge is 0.465 e. The van der Waals surface area contributed by atoms with Gasteiger partial charge >= 0.3 is 5.97 Å².